The van der Waals surface area contributed by atoms with Crippen LogP contribution in [0.2, 0.25) is 0 Å². The lowest BCUT2D eigenvalue weighted by atomic mass is 10.2. The smallest absolute Gasteiger partial charge is 0.225 e. The van der Waals surface area contributed by atoms with Crippen molar-refractivity contribution < 1.29 is 14.3 Å². The first-order valence-corrected chi connectivity index (χ1v) is 8.61. The Morgan fingerprint density at radius 2 is 1.72 bits per heavy atom. The Labute approximate surface area is 146 Å². The minimum absolute atomic E-state index is 0.281. The maximum absolute atomic E-state index is 12.2. The third-order valence-electron chi connectivity index (χ3n) is 4.94. The number of benzene rings is 1. The maximum Gasteiger partial charge on any atom is 0.225 e. The van der Waals surface area contributed by atoms with E-state index in [0.29, 0.717) is 17.4 Å². The number of carbonyl (C=O) groups is 1. The van der Waals surface area contributed by atoms with Gasteiger partial charge in [-0.15, -0.1) is 0 Å². The summed E-state index contributed by atoms with van der Waals surface area (Å²) in [6.45, 7) is 3.04. The molecule has 2 heterocycles. The number of piperazine rings is 1. The van der Waals surface area contributed by atoms with Crippen LogP contribution in [0.1, 0.15) is 12.8 Å². The summed E-state index contributed by atoms with van der Waals surface area (Å²) in [5, 5.41) is 0.933. The van der Waals surface area contributed by atoms with E-state index in [1.807, 2.05) is 17.0 Å². The van der Waals surface area contributed by atoms with Gasteiger partial charge in [-0.05, 0) is 18.9 Å². The van der Waals surface area contributed by atoms with Crippen LogP contribution in [0.15, 0.2) is 18.5 Å². The Morgan fingerprint density at radius 3 is 2.36 bits per heavy atom. The first kappa shape index (κ1) is 15.9. The quantitative estimate of drug-likeness (QED) is 0.843. The second-order valence-corrected chi connectivity index (χ2v) is 6.51. The fourth-order valence-electron chi connectivity index (χ4n) is 3.35. The zero-order valence-corrected chi connectivity index (χ0v) is 14.6. The van der Waals surface area contributed by atoms with Crippen LogP contribution in [-0.4, -0.2) is 61.2 Å². The number of hydrogen-bond donors (Lipinski definition) is 0. The van der Waals surface area contributed by atoms with Crippen LogP contribution >= 0.6 is 0 Å². The molecule has 2 aromatic rings. The highest BCUT2D eigenvalue weighted by Crippen LogP contribution is 2.35. The molecule has 0 bridgehead atoms. The van der Waals surface area contributed by atoms with Crippen LogP contribution in [0.3, 0.4) is 0 Å². The summed E-state index contributed by atoms with van der Waals surface area (Å²) in [5.74, 6) is 2.79. The first-order valence-electron chi connectivity index (χ1n) is 8.61. The highest BCUT2D eigenvalue weighted by molar-refractivity contribution is 5.92. The highest BCUT2D eigenvalue weighted by Gasteiger charge is 2.34. The Balaban J connectivity index is 1.60. The molecule has 25 heavy (non-hydrogen) atoms. The van der Waals surface area contributed by atoms with Crippen molar-refractivity contribution in [3.05, 3.63) is 18.5 Å². The zero-order valence-electron chi connectivity index (χ0n) is 14.6. The molecule has 1 amide bonds. The van der Waals surface area contributed by atoms with Crippen LogP contribution in [0.25, 0.3) is 10.9 Å². The normalized spacial score (nSPS) is 17.7. The van der Waals surface area contributed by atoms with Gasteiger partial charge in [0.15, 0.2) is 11.5 Å². The van der Waals surface area contributed by atoms with E-state index < -0.39 is 0 Å². The summed E-state index contributed by atoms with van der Waals surface area (Å²) in [4.78, 5) is 25.3. The predicted molar refractivity (Wildman–Crippen MR) is 94.2 cm³/mol. The molecule has 2 aliphatic rings. The molecule has 1 aromatic heterocycles. The summed E-state index contributed by atoms with van der Waals surface area (Å²) in [5.41, 5.74) is 0.819. The van der Waals surface area contributed by atoms with Crippen LogP contribution in [-0.2, 0) is 4.79 Å². The number of fused-ring (bicyclic) bond motifs is 1. The molecule has 0 atom stereocenters. The number of ether oxygens (including phenoxy) is 2. The summed E-state index contributed by atoms with van der Waals surface area (Å²) < 4.78 is 10.8. The second kappa shape index (κ2) is 6.38. The van der Waals surface area contributed by atoms with E-state index in [-0.39, 0.29) is 5.92 Å². The number of aromatic nitrogens is 2. The Hall–Kier alpha value is -2.57. The molecule has 2 fully saturated rings. The fourth-order valence-corrected chi connectivity index (χ4v) is 3.35. The SMILES string of the molecule is COc1cc2ncnc(N3CCN(C(=O)C4CC4)CC3)c2cc1OC. The van der Waals surface area contributed by atoms with Crippen molar-refractivity contribution in [3.63, 3.8) is 0 Å². The molecule has 7 heteroatoms. The number of nitrogens with zero attached hydrogens (tertiary/aromatic N) is 4. The van der Waals surface area contributed by atoms with Crippen molar-refractivity contribution in [2.45, 2.75) is 12.8 Å². The molecular formula is C18H22N4O3. The Kier molecular flexibility index (Phi) is 4.07. The van der Waals surface area contributed by atoms with Crippen molar-refractivity contribution in [3.8, 4) is 11.5 Å². The molecule has 0 unspecified atom stereocenters. The van der Waals surface area contributed by atoms with Gasteiger partial charge in [-0.3, -0.25) is 4.79 Å². The first-order chi connectivity index (χ1) is 12.2. The topological polar surface area (TPSA) is 67.8 Å². The molecule has 0 spiro atoms. The minimum atomic E-state index is 0.281. The number of carbonyl (C=O) groups excluding carboxylic acids is 1. The van der Waals surface area contributed by atoms with Crippen molar-refractivity contribution in [2.75, 3.05) is 45.3 Å². The molecule has 1 aliphatic heterocycles. The summed E-state index contributed by atoms with van der Waals surface area (Å²) in [6.07, 6.45) is 3.68. The predicted octanol–water partition coefficient (Wildman–Crippen LogP) is 1.71. The number of anilines is 1. The molecule has 0 radical (unpaired) electrons. The van der Waals surface area contributed by atoms with Gasteiger partial charge in [-0.2, -0.15) is 0 Å². The number of hydrogen-bond acceptors (Lipinski definition) is 6. The zero-order chi connectivity index (χ0) is 17.4. The fraction of sp³-hybridized carbons (Fsp3) is 0.500. The van der Waals surface area contributed by atoms with Gasteiger partial charge >= 0.3 is 0 Å². The van der Waals surface area contributed by atoms with Gasteiger partial charge in [-0.25, -0.2) is 9.97 Å². The van der Waals surface area contributed by atoms with E-state index in [9.17, 15) is 4.79 Å². The van der Waals surface area contributed by atoms with Gasteiger partial charge in [0.2, 0.25) is 5.91 Å². The van der Waals surface area contributed by atoms with E-state index in [1.165, 1.54) is 0 Å². The lowest BCUT2D eigenvalue weighted by Crippen LogP contribution is -2.49. The van der Waals surface area contributed by atoms with Crippen molar-refractivity contribution in [1.29, 1.82) is 0 Å². The minimum Gasteiger partial charge on any atom is -0.493 e. The molecule has 1 aromatic carbocycles. The summed E-state index contributed by atoms with van der Waals surface area (Å²) in [7, 11) is 3.23. The number of methoxy groups -OCH3 is 2. The second-order valence-electron chi connectivity index (χ2n) is 6.51. The van der Waals surface area contributed by atoms with Crippen molar-refractivity contribution in [1.82, 2.24) is 14.9 Å². The van der Waals surface area contributed by atoms with E-state index >= 15 is 0 Å². The maximum atomic E-state index is 12.2. The van der Waals surface area contributed by atoms with Crippen LogP contribution in [0.4, 0.5) is 5.82 Å². The van der Waals surface area contributed by atoms with Crippen molar-refractivity contribution >= 4 is 22.6 Å². The monoisotopic (exact) mass is 342 g/mol. The largest absolute Gasteiger partial charge is 0.493 e. The van der Waals surface area contributed by atoms with E-state index in [0.717, 1.165) is 55.7 Å². The number of rotatable bonds is 4. The van der Waals surface area contributed by atoms with Gasteiger partial charge in [-0.1, -0.05) is 0 Å². The molecule has 132 valence electrons. The summed E-state index contributed by atoms with van der Waals surface area (Å²) >= 11 is 0. The molecule has 7 nitrogen and oxygen atoms in total. The van der Waals surface area contributed by atoms with Gasteiger partial charge in [0.05, 0.1) is 19.7 Å². The Morgan fingerprint density at radius 1 is 1.04 bits per heavy atom. The third kappa shape index (κ3) is 2.94. The van der Waals surface area contributed by atoms with Gasteiger partial charge in [0.1, 0.15) is 12.1 Å². The number of amides is 1. The lowest BCUT2D eigenvalue weighted by molar-refractivity contribution is -0.132. The van der Waals surface area contributed by atoms with E-state index in [2.05, 4.69) is 14.9 Å². The van der Waals surface area contributed by atoms with Gasteiger partial charge in [0.25, 0.3) is 0 Å². The third-order valence-corrected chi connectivity index (χ3v) is 4.94. The van der Waals surface area contributed by atoms with Crippen LogP contribution in [0, 0.1) is 5.92 Å². The molecule has 0 N–H and O–H groups in total. The molecular weight excluding hydrogens is 320 g/mol. The van der Waals surface area contributed by atoms with Crippen LogP contribution < -0.4 is 14.4 Å². The average molecular weight is 342 g/mol. The van der Waals surface area contributed by atoms with Crippen LogP contribution in [0.5, 0.6) is 11.5 Å². The highest BCUT2D eigenvalue weighted by atomic mass is 16.5. The molecule has 1 aliphatic carbocycles. The van der Waals surface area contributed by atoms with E-state index in [1.54, 1.807) is 20.5 Å². The molecule has 4 rings (SSSR count). The lowest BCUT2D eigenvalue weighted by Gasteiger charge is -2.36. The summed E-state index contributed by atoms with van der Waals surface area (Å²) in [6, 6.07) is 3.79. The van der Waals surface area contributed by atoms with Gasteiger partial charge in [0, 0.05) is 43.5 Å². The van der Waals surface area contributed by atoms with Crippen molar-refractivity contribution in [2.24, 2.45) is 5.92 Å². The van der Waals surface area contributed by atoms with E-state index in [4.69, 9.17) is 9.47 Å². The average Bonchev–Trinajstić information content (AvgIpc) is 3.51. The van der Waals surface area contributed by atoms with Gasteiger partial charge < -0.3 is 19.3 Å². The molecule has 1 saturated carbocycles. The standard InChI is InChI=1S/C18H22N4O3/c1-24-15-9-13-14(10-16(15)25-2)19-11-20-17(13)21-5-7-22(8-6-21)18(23)12-3-4-12/h9-12H,3-8H2,1-2H3. The molecule has 1 saturated heterocycles. The Bertz CT molecular complexity index is 798.